The van der Waals surface area contributed by atoms with Crippen molar-refractivity contribution < 1.29 is 0 Å². The number of hydrogen-bond donors (Lipinski definition) is 0. The highest BCUT2D eigenvalue weighted by Gasteiger charge is 1.95. The van der Waals surface area contributed by atoms with Crippen molar-refractivity contribution in [1.29, 1.82) is 0 Å². The van der Waals surface area contributed by atoms with Gasteiger partial charge in [-0.1, -0.05) is 90.7 Å². The molecule has 0 aliphatic carbocycles. The maximum Gasteiger partial charge on any atom is 0.190 e. The Hall–Kier alpha value is -3.87. The number of hydrogen-bond acceptors (Lipinski definition) is 0. The van der Waals surface area contributed by atoms with Gasteiger partial charge in [-0.2, -0.15) is 0 Å². The lowest BCUT2D eigenvalue weighted by Crippen LogP contribution is -1.76. The second kappa shape index (κ2) is 15.0. The van der Waals surface area contributed by atoms with Gasteiger partial charge in [0.1, 0.15) is 0 Å². The summed E-state index contributed by atoms with van der Waals surface area (Å²) < 4.78 is 0. The van der Waals surface area contributed by atoms with Crippen molar-refractivity contribution in [2.45, 2.75) is 55.4 Å². The molecule has 0 atom stereocenters. The monoisotopic (exact) mass is 423 g/mol. The molecule has 3 heteroatoms. The fraction of sp³-hybridized carbons (Fsp3) is 0.276. The Morgan fingerprint density at radius 2 is 0.906 bits per heavy atom. The van der Waals surface area contributed by atoms with Crippen molar-refractivity contribution in [2.75, 3.05) is 0 Å². The molecule has 3 nitrogen and oxygen atoms in total. The number of aryl methyl sites for hydroxylation is 6. The molecular weight excluding hydrogens is 390 g/mol. The van der Waals surface area contributed by atoms with Gasteiger partial charge in [0.2, 0.25) is 0 Å². The van der Waals surface area contributed by atoms with Gasteiger partial charge in [0.05, 0.1) is 19.7 Å². The van der Waals surface area contributed by atoms with Crippen LogP contribution in [0.1, 0.15) is 47.2 Å². The third-order valence-electron chi connectivity index (χ3n) is 4.57. The lowest BCUT2D eigenvalue weighted by molar-refractivity contribution is 1.35. The van der Waals surface area contributed by atoms with E-state index in [1.165, 1.54) is 22.3 Å². The van der Waals surface area contributed by atoms with Crippen molar-refractivity contribution in [3.63, 3.8) is 0 Å². The van der Waals surface area contributed by atoms with Crippen molar-refractivity contribution >= 4 is 17.1 Å². The minimum atomic E-state index is 0.725. The Morgan fingerprint density at radius 3 is 1.22 bits per heavy atom. The first-order chi connectivity index (χ1) is 15.2. The molecule has 0 saturated carbocycles. The van der Waals surface area contributed by atoms with Crippen LogP contribution in [0.4, 0.5) is 17.1 Å². The van der Waals surface area contributed by atoms with Gasteiger partial charge in [-0.15, -0.1) is 0 Å². The Balaban J connectivity index is 0.000000433. The van der Waals surface area contributed by atoms with E-state index in [4.69, 9.17) is 19.7 Å². The lowest BCUT2D eigenvalue weighted by atomic mass is 10.1. The molecule has 0 saturated heterocycles. The van der Waals surface area contributed by atoms with Gasteiger partial charge in [0.25, 0.3) is 0 Å². The summed E-state index contributed by atoms with van der Waals surface area (Å²) in [5.74, 6) is 0. The molecule has 0 radical (unpaired) electrons. The minimum Gasteiger partial charge on any atom is -0.238 e. The average Bonchev–Trinajstić information content (AvgIpc) is 2.78. The van der Waals surface area contributed by atoms with Crippen LogP contribution in [0.15, 0.2) is 54.6 Å². The summed E-state index contributed by atoms with van der Waals surface area (Å²) in [7, 11) is 0. The third kappa shape index (κ3) is 9.75. The Labute approximate surface area is 194 Å². The molecule has 0 aromatic heterocycles. The lowest BCUT2D eigenvalue weighted by Gasteiger charge is -1.97. The molecule has 0 heterocycles. The molecule has 3 aromatic carbocycles. The molecule has 0 aliphatic rings. The van der Waals surface area contributed by atoms with Crippen LogP contribution >= 0.6 is 0 Å². The second-order valence-electron chi connectivity index (χ2n) is 7.18. The molecule has 3 rings (SSSR count). The molecule has 32 heavy (non-hydrogen) atoms. The topological polar surface area (TPSA) is 13.1 Å². The first-order valence-electron chi connectivity index (χ1n) is 10.6. The second-order valence-corrected chi connectivity index (χ2v) is 7.18. The van der Waals surface area contributed by atoms with Gasteiger partial charge in [-0.05, 0) is 52.7 Å². The van der Waals surface area contributed by atoms with Crippen LogP contribution in [0.3, 0.4) is 0 Å². The van der Waals surface area contributed by atoms with Gasteiger partial charge >= 0.3 is 0 Å². The standard InChI is InChI=1S/3C9H9N.C2H6/c1-7-4-5-9(10-3)6-8(7)2;2*1-7-4-5-9(10-3)8(2)6-7;1-2/h3*4-6H,1-2H3;1-2H3. The van der Waals surface area contributed by atoms with Crippen molar-refractivity contribution in [2.24, 2.45) is 0 Å². The van der Waals surface area contributed by atoms with E-state index in [-0.39, 0.29) is 0 Å². The van der Waals surface area contributed by atoms with E-state index >= 15 is 0 Å². The van der Waals surface area contributed by atoms with Gasteiger partial charge < -0.3 is 0 Å². The molecule has 0 aliphatic heterocycles. The molecule has 0 unspecified atom stereocenters. The maximum atomic E-state index is 6.78. The Kier molecular flexibility index (Phi) is 13.2. The van der Waals surface area contributed by atoms with Crippen LogP contribution in [0.5, 0.6) is 0 Å². The van der Waals surface area contributed by atoms with Crippen LogP contribution in [-0.4, -0.2) is 0 Å². The predicted molar refractivity (Wildman–Crippen MR) is 138 cm³/mol. The molecule has 0 N–H and O–H groups in total. The number of benzene rings is 3. The highest BCUT2D eigenvalue weighted by atomic mass is 14.6. The first kappa shape index (κ1) is 28.1. The van der Waals surface area contributed by atoms with Gasteiger partial charge in [-0.3, -0.25) is 0 Å². The fourth-order valence-electron chi connectivity index (χ4n) is 2.66. The zero-order chi connectivity index (χ0) is 24.7. The van der Waals surface area contributed by atoms with E-state index in [2.05, 4.69) is 14.5 Å². The molecule has 3 aromatic rings. The zero-order valence-electron chi connectivity index (χ0n) is 20.5. The summed E-state index contributed by atoms with van der Waals surface area (Å²) in [4.78, 5) is 10.0. The highest BCUT2D eigenvalue weighted by molar-refractivity contribution is 5.53. The highest BCUT2D eigenvalue weighted by Crippen LogP contribution is 2.19. The van der Waals surface area contributed by atoms with Crippen LogP contribution in [-0.2, 0) is 0 Å². The summed E-state index contributed by atoms with van der Waals surface area (Å²) in [5.41, 5.74) is 9.22. The summed E-state index contributed by atoms with van der Waals surface area (Å²) in [6.45, 7) is 36.3. The smallest absolute Gasteiger partial charge is 0.190 e. The largest absolute Gasteiger partial charge is 0.238 e. The molecule has 0 fully saturated rings. The number of rotatable bonds is 0. The van der Waals surface area contributed by atoms with E-state index in [9.17, 15) is 0 Å². The van der Waals surface area contributed by atoms with E-state index < -0.39 is 0 Å². The number of nitrogens with zero attached hydrogens (tertiary/aromatic N) is 3. The molecule has 164 valence electrons. The van der Waals surface area contributed by atoms with Gasteiger partial charge in [0.15, 0.2) is 17.1 Å². The minimum absolute atomic E-state index is 0.725. The van der Waals surface area contributed by atoms with Gasteiger partial charge in [-0.25, -0.2) is 14.5 Å². The molecular formula is C29H33N3. The first-order valence-corrected chi connectivity index (χ1v) is 10.6. The predicted octanol–water partition coefficient (Wildman–Crippen LogP) is 9.59. The summed E-state index contributed by atoms with van der Waals surface area (Å²) in [6.07, 6.45) is 0. The Morgan fingerprint density at radius 1 is 0.469 bits per heavy atom. The van der Waals surface area contributed by atoms with Gasteiger partial charge in [0, 0.05) is 0 Å². The third-order valence-corrected chi connectivity index (χ3v) is 4.57. The SMILES string of the molecule is CC.[C-]#[N+]c1ccc(C)c(C)c1.[C-]#[N+]c1ccc(C)cc1C.[C-]#[N+]c1ccc(C)cc1C. The zero-order valence-corrected chi connectivity index (χ0v) is 20.5. The van der Waals surface area contributed by atoms with Crippen molar-refractivity contribution in [3.8, 4) is 0 Å². The van der Waals surface area contributed by atoms with Crippen LogP contribution in [0.25, 0.3) is 14.5 Å². The van der Waals surface area contributed by atoms with Crippen LogP contribution in [0.2, 0.25) is 0 Å². The van der Waals surface area contributed by atoms with E-state index in [1.54, 1.807) is 0 Å². The molecule has 0 amide bonds. The van der Waals surface area contributed by atoms with Crippen LogP contribution < -0.4 is 0 Å². The Bertz CT molecular complexity index is 1080. The summed E-state index contributed by atoms with van der Waals surface area (Å²) >= 11 is 0. The summed E-state index contributed by atoms with van der Waals surface area (Å²) in [6, 6.07) is 17.4. The van der Waals surface area contributed by atoms with Crippen LogP contribution in [0, 0.1) is 61.3 Å². The van der Waals surface area contributed by atoms with Crippen molar-refractivity contribution in [3.05, 3.63) is 122 Å². The van der Waals surface area contributed by atoms with E-state index in [0.29, 0.717) is 0 Å². The normalized spacial score (nSPS) is 8.53. The maximum absolute atomic E-state index is 6.78. The van der Waals surface area contributed by atoms with E-state index in [0.717, 1.165) is 28.2 Å². The van der Waals surface area contributed by atoms with Crippen molar-refractivity contribution in [1.82, 2.24) is 0 Å². The quantitative estimate of drug-likeness (QED) is 0.319. The summed E-state index contributed by atoms with van der Waals surface area (Å²) in [5, 5.41) is 0. The van der Waals surface area contributed by atoms with E-state index in [1.807, 2.05) is 110 Å². The molecule has 0 spiro atoms. The molecule has 0 bridgehead atoms. The fourth-order valence-corrected chi connectivity index (χ4v) is 2.66. The average molecular weight is 424 g/mol.